The van der Waals surface area contributed by atoms with E-state index >= 15 is 0 Å². The molecule has 0 unspecified atom stereocenters. The number of esters is 1. The summed E-state index contributed by atoms with van der Waals surface area (Å²) < 4.78 is 8.72. The average molecular weight is 186 g/mol. The molecule has 4 nitrogen and oxygen atoms in total. The van der Waals surface area contributed by atoms with Gasteiger partial charge >= 0.3 is 12.1 Å². The quantitative estimate of drug-likeness (QED) is 0.383. The molecule has 0 bridgehead atoms. The normalized spacial score (nSPS) is 9.08. The predicted molar refractivity (Wildman–Crippen MR) is 47.2 cm³/mol. The molecule has 0 saturated carbocycles. The highest BCUT2D eigenvalue weighted by Gasteiger charge is 2.13. The monoisotopic (exact) mass is 186 g/mol. The van der Waals surface area contributed by atoms with Gasteiger partial charge in [-0.2, -0.15) is 0 Å². The number of carbonyl (C=O) groups is 2. The first-order valence-electron chi connectivity index (χ1n) is 4.18. The topological polar surface area (TPSA) is 52.6 Å². The number of hydrogen-bond acceptors (Lipinski definition) is 4. The maximum absolute atomic E-state index is 11.0. The Morgan fingerprint density at radius 1 is 1.31 bits per heavy atom. The van der Waals surface area contributed by atoms with Crippen molar-refractivity contribution in [3.63, 3.8) is 0 Å². The third-order valence-corrected chi connectivity index (χ3v) is 1.28. The van der Waals surface area contributed by atoms with E-state index in [1.54, 1.807) is 6.92 Å². The van der Waals surface area contributed by atoms with Crippen LogP contribution in [0, 0.1) is 0 Å². The second-order valence-electron chi connectivity index (χ2n) is 2.43. The summed E-state index contributed by atoms with van der Waals surface area (Å²) in [6, 6.07) is 0. The van der Waals surface area contributed by atoms with Gasteiger partial charge in [-0.15, -0.1) is 0 Å². The predicted octanol–water partition coefficient (Wildman–Crippen LogP) is 2.04. The summed E-state index contributed by atoms with van der Waals surface area (Å²) in [7, 11) is 0. The molecular weight excluding hydrogens is 172 g/mol. The van der Waals surface area contributed by atoms with E-state index in [1.807, 2.05) is 6.92 Å². The van der Waals surface area contributed by atoms with Crippen LogP contribution in [0.1, 0.15) is 26.7 Å². The average Bonchev–Trinajstić information content (AvgIpc) is 2.05. The molecule has 0 aromatic carbocycles. The Hall–Kier alpha value is -1.32. The molecule has 13 heavy (non-hydrogen) atoms. The van der Waals surface area contributed by atoms with Gasteiger partial charge in [0.05, 0.1) is 6.61 Å². The van der Waals surface area contributed by atoms with Gasteiger partial charge in [0, 0.05) is 5.57 Å². The molecule has 0 heterocycles. The highest BCUT2D eigenvalue weighted by atomic mass is 16.7. The fraction of sp³-hybridized carbons (Fsp3) is 0.556. The van der Waals surface area contributed by atoms with Crippen LogP contribution in [0.3, 0.4) is 0 Å². The SMILES string of the molecule is C=C(CCC)C(=O)OC(=O)OCC. The van der Waals surface area contributed by atoms with Gasteiger partial charge in [0.25, 0.3) is 0 Å². The number of carbonyl (C=O) groups excluding carboxylic acids is 2. The second kappa shape index (κ2) is 6.22. The summed E-state index contributed by atoms with van der Waals surface area (Å²) >= 11 is 0. The number of hydrogen-bond donors (Lipinski definition) is 0. The lowest BCUT2D eigenvalue weighted by atomic mass is 10.2. The second-order valence-corrected chi connectivity index (χ2v) is 2.43. The van der Waals surface area contributed by atoms with Gasteiger partial charge in [0.15, 0.2) is 0 Å². The van der Waals surface area contributed by atoms with E-state index in [0.29, 0.717) is 6.42 Å². The molecule has 0 fully saturated rings. The Balaban J connectivity index is 3.86. The van der Waals surface area contributed by atoms with Gasteiger partial charge < -0.3 is 9.47 Å². The molecule has 0 aliphatic heterocycles. The Morgan fingerprint density at radius 3 is 2.38 bits per heavy atom. The van der Waals surface area contributed by atoms with E-state index < -0.39 is 12.1 Å². The van der Waals surface area contributed by atoms with Gasteiger partial charge in [0.1, 0.15) is 0 Å². The largest absolute Gasteiger partial charge is 0.516 e. The maximum Gasteiger partial charge on any atom is 0.516 e. The lowest BCUT2D eigenvalue weighted by Gasteiger charge is -2.03. The first-order valence-corrected chi connectivity index (χ1v) is 4.18. The van der Waals surface area contributed by atoms with Crippen LogP contribution in [0.25, 0.3) is 0 Å². The van der Waals surface area contributed by atoms with Crippen LogP contribution in [0.2, 0.25) is 0 Å². The third-order valence-electron chi connectivity index (χ3n) is 1.28. The van der Waals surface area contributed by atoms with Crippen LogP contribution in [0.15, 0.2) is 12.2 Å². The van der Waals surface area contributed by atoms with Gasteiger partial charge in [0.2, 0.25) is 0 Å². The van der Waals surface area contributed by atoms with E-state index in [-0.39, 0.29) is 12.2 Å². The van der Waals surface area contributed by atoms with Crippen molar-refractivity contribution in [3.8, 4) is 0 Å². The van der Waals surface area contributed by atoms with Crippen molar-refractivity contribution in [2.75, 3.05) is 6.61 Å². The minimum atomic E-state index is -0.968. The van der Waals surface area contributed by atoms with Crippen molar-refractivity contribution in [3.05, 3.63) is 12.2 Å². The molecule has 0 atom stereocenters. The number of rotatable bonds is 4. The van der Waals surface area contributed by atoms with Crippen molar-refractivity contribution in [1.82, 2.24) is 0 Å². The molecule has 0 saturated heterocycles. The Morgan fingerprint density at radius 2 is 1.92 bits per heavy atom. The third kappa shape index (κ3) is 5.00. The zero-order valence-corrected chi connectivity index (χ0v) is 7.96. The first kappa shape index (κ1) is 11.7. The lowest BCUT2D eigenvalue weighted by molar-refractivity contribution is -0.135. The number of ether oxygens (including phenoxy) is 2. The standard InChI is InChI=1S/C9H14O4/c1-4-6-7(3)8(10)13-9(11)12-5-2/h3-6H2,1-2H3. The van der Waals surface area contributed by atoms with Crippen LogP contribution in [0.4, 0.5) is 4.79 Å². The molecule has 0 amide bonds. The fourth-order valence-corrected chi connectivity index (χ4v) is 0.699. The molecule has 74 valence electrons. The Labute approximate surface area is 77.5 Å². The smallest absolute Gasteiger partial charge is 0.434 e. The molecule has 0 aliphatic carbocycles. The van der Waals surface area contributed by atoms with E-state index in [4.69, 9.17) is 0 Å². The molecule has 0 radical (unpaired) electrons. The summed E-state index contributed by atoms with van der Waals surface area (Å²) in [4.78, 5) is 21.7. The summed E-state index contributed by atoms with van der Waals surface area (Å²) in [6.07, 6.45) is 0.347. The van der Waals surface area contributed by atoms with Crippen LogP contribution >= 0.6 is 0 Å². The van der Waals surface area contributed by atoms with Crippen molar-refractivity contribution in [1.29, 1.82) is 0 Å². The van der Waals surface area contributed by atoms with Gasteiger partial charge in [-0.25, -0.2) is 9.59 Å². The molecule has 0 spiro atoms. The van der Waals surface area contributed by atoms with E-state index in [2.05, 4.69) is 16.1 Å². The van der Waals surface area contributed by atoms with Crippen molar-refractivity contribution < 1.29 is 19.1 Å². The zero-order chi connectivity index (χ0) is 10.3. The van der Waals surface area contributed by atoms with E-state index in [9.17, 15) is 9.59 Å². The first-order chi connectivity index (χ1) is 6.11. The molecule has 0 N–H and O–H groups in total. The van der Waals surface area contributed by atoms with Crippen molar-refractivity contribution in [2.45, 2.75) is 26.7 Å². The zero-order valence-electron chi connectivity index (χ0n) is 7.96. The summed E-state index contributed by atoms with van der Waals surface area (Å²) in [5, 5.41) is 0. The van der Waals surface area contributed by atoms with Crippen molar-refractivity contribution in [2.24, 2.45) is 0 Å². The summed E-state index contributed by atoms with van der Waals surface area (Å²) in [5.41, 5.74) is 0.288. The van der Waals surface area contributed by atoms with E-state index in [1.165, 1.54) is 0 Å². The molecule has 0 rings (SSSR count). The lowest BCUT2D eigenvalue weighted by Crippen LogP contribution is -2.14. The highest BCUT2D eigenvalue weighted by molar-refractivity contribution is 5.93. The summed E-state index contributed by atoms with van der Waals surface area (Å²) in [6.45, 7) is 7.20. The molecular formula is C9H14O4. The maximum atomic E-state index is 11.0. The van der Waals surface area contributed by atoms with Gasteiger partial charge in [-0.05, 0) is 13.3 Å². The molecule has 0 aliphatic rings. The van der Waals surface area contributed by atoms with Gasteiger partial charge in [-0.1, -0.05) is 19.9 Å². The van der Waals surface area contributed by atoms with Crippen LogP contribution in [0.5, 0.6) is 0 Å². The molecule has 0 aromatic rings. The summed E-state index contributed by atoms with van der Waals surface area (Å²) in [5.74, 6) is -0.708. The Bertz CT molecular complexity index is 208. The fourth-order valence-electron chi connectivity index (χ4n) is 0.699. The van der Waals surface area contributed by atoms with Crippen LogP contribution in [-0.2, 0) is 14.3 Å². The molecule has 0 aromatic heterocycles. The van der Waals surface area contributed by atoms with Crippen LogP contribution in [-0.4, -0.2) is 18.7 Å². The minimum Gasteiger partial charge on any atom is -0.434 e. The van der Waals surface area contributed by atoms with E-state index in [0.717, 1.165) is 6.42 Å². The van der Waals surface area contributed by atoms with Crippen LogP contribution < -0.4 is 0 Å². The Kier molecular flexibility index (Phi) is 5.59. The highest BCUT2D eigenvalue weighted by Crippen LogP contribution is 2.04. The van der Waals surface area contributed by atoms with Gasteiger partial charge in [-0.3, -0.25) is 0 Å². The minimum absolute atomic E-state index is 0.187. The van der Waals surface area contributed by atoms with Crippen molar-refractivity contribution >= 4 is 12.1 Å². The molecule has 4 heteroatoms.